The van der Waals surface area contributed by atoms with E-state index < -0.39 is 9.84 Å². The first kappa shape index (κ1) is 12.1. The van der Waals surface area contributed by atoms with E-state index in [0.717, 1.165) is 5.56 Å². The predicted octanol–water partition coefficient (Wildman–Crippen LogP) is 1.39. The van der Waals surface area contributed by atoms with Gasteiger partial charge in [0, 0.05) is 18.3 Å². The van der Waals surface area contributed by atoms with Crippen LogP contribution in [0.1, 0.15) is 19.4 Å². The van der Waals surface area contributed by atoms with Crippen LogP contribution in [0.3, 0.4) is 0 Å². The highest BCUT2D eigenvalue weighted by molar-refractivity contribution is 7.95. The molecule has 0 unspecified atom stereocenters. The van der Waals surface area contributed by atoms with Gasteiger partial charge in [0.2, 0.25) is 9.84 Å². The third-order valence-corrected chi connectivity index (χ3v) is 4.56. The summed E-state index contributed by atoms with van der Waals surface area (Å²) in [5.41, 5.74) is 6.81. The van der Waals surface area contributed by atoms with Gasteiger partial charge in [0.15, 0.2) is 0 Å². The normalized spacial score (nSPS) is 17.0. The molecule has 1 aliphatic heterocycles. The number of anilines is 1. The summed E-state index contributed by atoms with van der Waals surface area (Å²) < 4.78 is 24.4. The number of sulfone groups is 1. The van der Waals surface area contributed by atoms with Crippen LogP contribution >= 0.6 is 0 Å². The highest BCUT2D eigenvalue weighted by atomic mass is 32.2. The van der Waals surface area contributed by atoms with Crippen molar-refractivity contribution in [1.29, 1.82) is 0 Å². The molecule has 17 heavy (non-hydrogen) atoms. The zero-order valence-corrected chi connectivity index (χ0v) is 10.7. The van der Waals surface area contributed by atoms with Crippen LogP contribution in [0, 0.1) is 0 Å². The lowest BCUT2D eigenvalue weighted by molar-refractivity contribution is 0.593. The van der Waals surface area contributed by atoms with Gasteiger partial charge in [0.1, 0.15) is 0 Å². The van der Waals surface area contributed by atoms with Gasteiger partial charge in [-0.15, -0.1) is 0 Å². The maximum atomic E-state index is 12.2. The molecule has 92 valence electrons. The van der Waals surface area contributed by atoms with E-state index in [1.54, 1.807) is 18.2 Å². The van der Waals surface area contributed by atoms with Crippen LogP contribution in [0.15, 0.2) is 28.0 Å². The van der Waals surface area contributed by atoms with Crippen LogP contribution < -0.4 is 11.1 Å². The largest absolute Gasteiger partial charge is 0.399 e. The maximum Gasteiger partial charge on any atom is 0.204 e. The van der Waals surface area contributed by atoms with Crippen molar-refractivity contribution in [3.05, 3.63) is 28.7 Å². The fourth-order valence-electron chi connectivity index (χ4n) is 1.75. The predicted molar refractivity (Wildman–Crippen MR) is 69.2 cm³/mol. The summed E-state index contributed by atoms with van der Waals surface area (Å²) >= 11 is 0. The van der Waals surface area contributed by atoms with Crippen molar-refractivity contribution >= 4 is 21.6 Å². The Morgan fingerprint density at radius 1 is 1.35 bits per heavy atom. The number of hydrogen-bond acceptors (Lipinski definition) is 4. The highest BCUT2D eigenvalue weighted by Crippen LogP contribution is 2.33. The van der Waals surface area contributed by atoms with Crippen molar-refractivity contribution in [1.82, 2.24) is 5.32 Å². The number of hydrogen-bond donors (Lipinski definition) is 2. The maximum absolute atomic E-state index is 12.2. The highest BCUT2D eigenvalue weighted by Gasteiger charge is 2.29. The minimum atomic E-state index is -3.35. The number of benzene rings is 1. The smallest absolute Gasteiger partial charge is 0.204 e. The van der Waals surface area contributed by atoms with Crippen molar-refractivity contribution in [2.75, 3.05) is 12.3 Å². The van der Waals surface area contributed by atoms with Gasteiger partial charge >= 0.3 is 0 Å². The molecule has 0 spiro atoms. The standard InChI is InChI=1S/C12H16N2O2S/c1-8(2)14-7-11-5-9-3-4-10(13)6-12(9)17(11,15)16/h3-6,8,14H,7,13H2,1-2H3. The first-order valence-corrected chi connectivity index (χ1v) is 6.98. The van der Waals surface area contributed by atoms with Crippen LogP contribution in [-0.2, 0) is 9.84 Å². The second kappa shape index (κ2) is 4.16. The molecule has 1 aliphatic rings. The fourth-order valence-corrected chi connectivity index (χ4v) is 3.31. The van der Waals surface area contributed by atoms with Crippen LogP contribution in [-0.4, -0.2) is 21.0 Å². The summed E-state index contributed by atoms with van der Waals surface area (Å²) in [5, 5.41) is 3.11. The molecule has 2 rings (SSSR count). The lowest BCUT2D eigenvalue weighted by Crippen LogP contribution is -2.26. The van der Waals surface area contributed by atoms with E-state index in [0.29, 0.717) is 22.0 Å². The third-order valence-electron chi connectivity index (χ3n) is 2.67. The topological polar surface area (TPSA) is 72.2 Å². The molecule has 1 heterocycles. The molecule has 0 amide bonds. The van der Waals surface area contributed by atoms with Gasteiger partial charge in [0.25, 0.3) is 0 Å². The summed E-state index contributed by atoms with van der Waals surface area (Å²) in [7, 11) is -3.35. The van der Waals surface area contributed by atoms with Gasteiger partial charge < -0.3 is 11.1 Å². The van der Waals surface area contributed by atoms with Gasteiger partial charge in [-0.2, -0.15) is 0 Å². The Morgan fingerprint density at radius 2 is 2.06 bits per heavy atom. The molecule has 0 saturated heterocycles. The Balaban J connectivity index is 2.36. The minimum absolute atomic E-state index is 0.250. The molecular weight excluding hydrogens is 236 g/mol. The molecule has 5 heteroatoms. The lowest BCUT2D eigenvalue weighted by Gasteiger charge is -2.08. The second-order valence-electron chi connectivity index (χ2n) is 4.45. The summed E-state index contributed by atoms with van der Waals surface area (Å²) in [6, 6.07) is 5.22. The van der Waals surface area contributed by atoms with Crippen LogP contribution in [0.5, 0.6) is 0 Å². The van der Waals surface area contributed by atoms with Crippen LogP contribution in [0.25, 0.3) is 6.08 Å². The molecule has 0 bridgehead atoms. The zero-order chi connectivity index (χ0) is 12.6. The average molecular weight is 252 g/mol. The SMILES string of the molecule is CC(C)NCC1=Cc2ccc(N)cc2S1(=O)=O. The Labute approximate surface area is 101 Å². The van der Waals surface area contributed by atoms with Gasteiger partial charge in [-0.25, -0.2) is 8.42 Å². The fraction of sp³-hybridized carbons (Fsp3) is 0.333. The van der Waals surface area contributed by atoms with Crippen LogP contribution in [0.2, 0.25) is 0 Å². The zero-order valence-electron chi connectivity index (χ0n) is 9.90. The van der Waals surface area contributed by atoms with Gasteiger partial charge in [0.05, 0.1) is 9.80 Å². The van der Waals surface area contributed by atoms with Crippen molar-refractivity contribution in [2.45, 2.75) is 24.8 Å². The number of nitrogen functional groups attached to an aromatic ring is 1. The second-order valence-corrected chi connectivity index (χ2v) is 6.42. The first-order chi connectivity index (χ1) is 7.91. The third kappa shape index (κ3) is 2.21. The van der Waals surface area contributed by atoms with E-state index in [4.69, 9.17) is 5.73 Å². The molecular formula is C12H16N2O2S. The minimum Gasteiger partial charge on any atom is -0.399 e. The summed E-state index contributed by atoms with van der Waals surface area (Å²) in [6.07, 6.45) is 1.71. The lowest BCUT2D eigenvalue weighted by atomic mass is 10.2. The molecule has 1 aromatic rings. The quantitative estimate of drug-likeness (QED) is 0.797. The number of nitrogens with two attached hydrogens (primary N) is 1. The molecule has 0 aliphatic carbocycles. The Bertz CT molecular complexity index is 574. The molecule has 0 saturated carbocycles. The summed E-state index contributed by atoms with van der Waals surface area (Å²) in [5.74, 6) is 0. The number of rotatable bonds is 3. The molecule has 0 radical (unpaired) electrons. The Kier molecular flexibility index (Phi) is 2.97. The molecule has 4 nitrogen and oxygen atoms in total. The van der Waals surface area contributed by atoms with E-state index in [1.807, 2.05) is 13.8 Å². The van der Waals surface area contributed by atoms with E-state index >= 15 is 0 Å². The van der Waals surface area contributed by atoms with E-state index in [2.05, 4.69) is 5.32 Å². The Hall–Kier alpha value is -1.33. The molecule has 3 N–H and O–H groups in total. The van der Waals surface area contributed by atoms with E-state index in [1.165, 1.54) is 6.07 Å². The Morgan fingerprint density at radius 3 is 2.71 bits per heavy atom. The molecule has 0 fully saturated rings. The monoisotopic (exact) mass is 252 g/mol. The van der Waals surface area contributed by atoms with Crippen molar-refractivity contribution in [3.8, 4) is 0 Å². The van der Waals surface area contributed by atoms with Gasteiger partial charge in [-0.05, 0) is 23.8 Å². The first-order valence-electron chi connectivity index (χ1n) is 5.50. The van der Waals surface area contributed by atoms with Crippen molar-refractivity contribution < 1.29 is 8.42 Å². The van der Waals surface area contributed by atoms with E-state index in [9.17, 15) is 8.42 Å². The molecule has 1 aromatic carbocycles. The van der Waals surface area contributed by atoms with Crippen molar-refractivity contribution in [3.63, 3.8) is 0 Å². The van der Waals surface area contributed by atoms with Crippen molar-refractivity contribution in [2.24, 2.45) is 0 Å². The summed E-state index contributed by atoms with van der Waals surface area (Å²) in [4.78, 5) is 0.727. The molecule has 0 atom stereocenters. The number of fused-ring (bicyclic) bond motifs is 1. The van der Waals surface area contributed by atoms with E-state index in [-0.39, 0.29) is 6.04 Å². The summed E-state index contributed by atoms with van der Waals surface area (Å²) in [6.45, 7) is 4.31. The van der Waals surface area contributed by atoms with Crippen LogP contribution in [0.4, 0.5) is 5.69 Å². The molecule has 0 aromatic heterocycles. The number of nitrogens with one attached hydrogen (secondary N) is 1. The van der Waals surface area contributed by atoms with Gasteiger partial charge in [-0.1, -0.05) is 19.9 Å². The average Bonchev–Trinajstić information content (AvgIpc) is 2.48. The van der Waals surface area contributed by atoms with Gasteiger partial charge in [-0.3, -0.25) is 0 Å².